The second kappa shape index (κ2) is 7.90. The third kappa shape index (κ3) is 9.19. The van der Waals surface area contributed by atoms with E-state index < -0.39 is 0 Å². The summed E-state index contributed by atoms with van der Waals surface area (Å²) in [6.45, 7) is 10.9. The predicted octanol–water partition coefficient (Wildman–Crippen LogP) is 3.92. The highest BCUT2D eigenvalue weighted by molar-refractivity contribution is 4.92. The summed E-state index contributed by atoms with van der Waals surface area (Å²) >= 11 is 0. The van der Waals surface area contributed by atoms with Crippen LogP contribution in [0.25, 0.3) is 0 Å². The summed E-state index contributed by atoms with van der Waals surface area (Å²) < 4.78 is 5.08. The van der Waals surface area contributed by atoms with Crippen LogP contribution >= 0.6 is 0 Å². The Morgan fingerprint density at radius 1 is 1.38 bits per heavy atom. The van der Waals surface area contributed by atoms with Gasteiger partial charge in [0.05, 0.1) is 12.9 Å². The molecule has 1 atom stereocenters. The molecule has 0 amide bonds. The average Bonchev–Trinajstić information content (AvgIpc) is 2.04. The molecule has 0 aromatic rings. The molecule has 1 unspecified atom stereocenters. The van der Waals surface area contributed by atoms with Gasteiger partial charge in [-0.1, -0.05) is 25.2 Å². The van der Waals surface area contributed by atoms with Crippen LogP contribution in [0.4, 0.5) is 0 Å². The Morgan fingerprint density at radius 3 is 2.62 bits per heavy atom. The van der Waals surface area contributed by atoms with Gasteiger partial charge in [-0.15, -0.1) is 0 Å². The summed E-state index contributed by atoms with van der Waals surface area (Å²) in [4.78, 5) is 0. The molecule has 0 saturated heterocycles. The highest BCUT2D eigenvalue weighted by atomic mass is 16.5. The van der Waals surface area contributed by atoms with E-state index in [0.29, 0.717) is 0 Å². The Labute approximate surface area is 82.5 Å². The van der Waals surface area contributed by atoms with Crippen LogP contribution in [-0.4, -0.2) is 6.61 Å². The van der Waals surface area contributed by atoms with Crippen LogP contribution in [0.1, 0.15) is 40.0 Å². The molecule has 0 spiro atoms. The van der Waals surface area contributed by atoms with E-state index >= 15 is 0 Å². The Hall–Kier alpha value is -0.720. The molecule has 0 bridgehead atoms. The molecule has 0 N–H and O–H groups in total. The van der Waals surface area contributed by atoms with Crippen molar-refractivity contribution in [2.24, 2.45) is 5.92 Å². The average molecular weight is 182 g/mol. The van der Waals surface area contributed by atoms with Gasteiger partial charge in [-0.25, -0.2) is 0 Å². The Bertz CT molecular complexity index is 155. The second-order valence-electron chi connectivity index (χ2n) is 3.79. The van der Waals surface area contributed by atoms with Crippen molar-refractivity contribution in [2.45, 2.75) is 40.0 Å². The van der Waals surface area contributed by atoms with Gasteiger partial charge in [0.25, 0.3) is 0 Å². The fraction of sp³-hybridized carbons (Fsp3) is 0.667. The molecule has 0 aliphatic heterocycles. The number of hydrogen-bond donors (Lipinski definition) is 0. The lowest BCUT2D eigenvalue weighted by atomic mass is 10.0. The van der Waals surface area contributed by atoms with E-state index in [9.17, 15) is 0 Å². The van der Waals surface area contributed by atoms with E-state index in [1.165, 1.54) is 24.7 Å². The van der Waals surface area contributed by atoms with Crippen LogP contribution in [0, 0.1) is 5.92 Å². The van der Waals surface area contributed by atoms with Gasteiger partial charge in [-0.2, -0.15) is 0 Å². The van der Waals surface area contributed by atoms with Gasteiger partial charge < -0.3 is 4.74 Å². The van der Waals surface area contributed by atoms with Crippen LogP contribution in [0.3, 0.4) is 0 Å². The standard InChI is InChI=1S/C12H22O/c1-5-13-10-9-12(4)8-6-7-11(2)3/h5,7,12H,1,6,8-10H2,2-4H3. The summed E-state index contributed by atoms with van der Waals surface area (Å²) in [6, 6.07) is 0. The maximum Gasteiger partial charge on any atom is 0.0875 e. The van der Waals surface area contributed by atoms with E-state index in [1.54, 1.807) is 0 Å². The van der Waals surface area contributed by atoms with Crippen LogP contribution in [0.2, 0.25) is 0 Å². The maximum atomic E-state index is 5.08. The summed E-state index contributed by atoms with van der Waals surface area (Å²) in [7, 11) is 0. The molecule has 1 heteroatoms. The minimum atomic E-state index is 0.746. The van der Waals surface area contributed by atoms with Crippen molar-refractivity contribution >= 4 is 0 Å². The minimum Gasteiger partial charge on any atom is -0.502 e. The SMILES string of the molecule is C=COCCC(C)CCC=C(C)C. The van der Waals surface area contributed by atoms with Crippen LogP contribution in [0.15, 0.2) is 24.5 Å². The molecule has 0 aromatic heterocycles. The fourth-order valence-corrected chi connectivity index (χ4v) is 1.15. The summed E-state index contributed by atoms with van der Waals surface area (Å²) in [5.74, 6) is 0.746. The van der Waals surface area contributed by atoms with E-state index in [4.69, 9.17) is 4.74 Å². The minimum absolute atomic E-state index is 0.746. The first kappa shape index (κ1) is 12.3. The largest absolute Gasteiger partial charge is 0.502 e. The third-order valence-corrected chi connectivity index (χ3v) is 2.06. The molecule has 13 heavy (non-hydrogen) atoms. The van der Waals surface area contributed by atoms with Crippen molar-refractivity contribution in [3.8, 4) is 0 Å². The van der Waals surface area contributed by atoms with Crippen molar-refractivity contribution in [2.75, 3.05) is 6.61 Å². The summed E-state index contributed by atoms with van der Waals surface area (Å²) in [6.07, 6.45) is 7.39. The first-order valence-electron chi connectivity index (χ1n) is 5.02. The highest BCUT2D eigenvalue weighted by Gasteiger charge is 1.99. The maximum absolute atomic E-state index is 5.08. The third-order valence-electron chi connectivity index (χ3n) is 2.06. The molecule has 0 aliphatic rings. The van der Waals surface area contributed by atoms with E-state index in [1.807, 2.05) is 0 Å². The molecule has 0 aromatic carbocycles. The summed E-state index contributed by atoms with van der Waals surface area (Å²) in [5, 5.41) is 0. The number of hydrogen-bond acceptors (Lipinski definition) is 1. The monoisotopic (exact) mass is 182 g/mol. The molecule has 0 fully saturated rings. The molecule has 0 saturated carbocycles. The molecule has 0 aliphatic carbocycles. The van der Waals surface area contributed by atoms with E-state index in [-0.39, 0.29) is 0 Å². The Balaban J connectivity index is 3.34. The molecular weight excluding hydrogens is 160 g/mol. The molecule has 0 heterocycles. The smallest absolute Gasteiger partial charge is 0.0875 e. The first-order chi connectivity index (χ1) is 6.16. The van der Waals surface area contributed by atoms with Gasteiger partial charge in [0.1, 0.15) is 0 Å². The van der Waals surface area contributed by atoms with Gasteiger partial charge in [0, 0.05) is 0 Å². The normalized spacial score (nSPS) is 11.9. The van der Waals surface area contributed by atoms with Crippen molar-refractivity contribution in [1.29, 1.82) is 0 Å². The first-order valence-corrected chi connectivity index (χ1v) is 5.02. The zero-order valence-electron chi connectivity index (χ0n) is 9.18. The second-order valence-corrected chi connectivity index (χ2v) is 3.79. The van der Waals surface area contributed by atoms with Crippen LogP contribution in [0.5, 0.6) is 0 Å². The molecular formula is C12H22O. The molecule has 76 valence electrons. The van der Waals surface area contributed by atoms with Crippen molar-refractivity contribution in [1.82, 2.24) is 0 Å². The van der Waals surface area contributed by atoms with Crippen LogP contribution < -0.4 is 0 Å². The number of ether oxygens (including phenoxy) is 1. The predicted molar refractivity (Wildman–Crippen MR) is 58.6 cm³/mol. The topological polar surface area (TPSA) is 9.23 Å². The van der Waals surface area contributed by atoms with Gasteiger partial charge in [-0.3, -0.25) is 0 Å². The van der Waals surface area contributed by atoms with Gasteiger partial charge >= 0.3 is 0 Å². The highest BCUT2D eigenvalue weighted by Crippen LogP contribution is 2.11. The van der Waals surface area contributed by atoms with E-state index in [0.717, 1.165) is 18.9 Å². The lowest BCUT2D eigenvalue weighted by molar-refractivity contribution is 0.224. The lowest BCUT2D eigenvalue weighted by Gasteiger charge is -2.09. The van der Waals surface area contributed by atoms with E-state index in [2.05, 4.69) is 33.4 Å². The van der Waals surface area contributed by atoms with Crippen molar-refractivity contribution in [3.63, 3.8) is 0 Å². The molecule has 0 rings (SSSR count). The Morgan fingerprint density at radius 2 is 2.08 bits per heavy atom. The van der Waals surface area contributed by atoms with Gasteiger partial charge in [-0.05, 0) is 39.0 Å². The number of rotatable bonds is 7. The quantitative estimate of drug-likeness (QED) is 0.329. The van der Waals surface area contributed by atoms with Crippen molar-refractivity contribution in [3.05, 3.63) is 24.5 Å². The fourth-order valence-electron chi connectivity index (χ4n) is 1.15. The summed E-state index contributed by atoms with van der Waals surface area (Å²) in [5.41, 5.74) is 1.41. The zero-order valence-corrected chi connectivity index (χ0v) is 9.18. The lowest BCUT2D eigenvalue weighted by Crippen LogP contribution is -1.98. The molecule has 0 radical (unpaired) electrons. The Kier molecular flexibility index (Phi) is 7.47. The van der Waals surface area contributed by atoms with Gasteiger partial charge in [0.15, 0.2) is 0 Å². The van der Waals surface area contributed by atoms with Gasteiger partial charge in [0.2, 0.25) is 0 Å². The number of allylic oxidation sites excluding steroid dienone is 2. The zero-order chi connectivity index (χ0) is 10.1. The molecule has 1 nitrogen and oxygen atoms in total. The van der Waals surface area contributed by atoms with Crippen LogP contribution in [-0.2, 0) is 4.74 Å². The van der Waals surface area contributed by atoms with Crippen molar-refractivity contribution < 1.29 is 4.74 Å².